The first-order valence-corrected chi connectivity index (χ1v) is 11.2. The number of rotatable bonds is 7. The van der Waals surface area contributed by atoms with Crippen molar-refractivity contribution in [1.29, 1.82) is 0 Å². The van der Waals surface area contributed by atoms with Crippen LogP contribution in [-0.4, -0.2) is 70.1 Å². The molecular formula is C24H27N5O5. The number of carbonyl (C=O) groups is 1. The molecule has 0 aliphatic carbocycles. The van der Waals surface area contributed by atoms with E-state index in [9.17, 15) is 19.7 Å². The zero-order valence-electron chi connectivity index (χ0n) is 19.2. The molecule has 10 nitrogen and oxygen atoms in total. The molecule has 1 fully saturated rings. The zero-order chi connectivity index (χ0) is 24.2. The third kappa shape index (κ3) is 4.68. The number of benzene rings is 2. The highest BCUT2D eigenvalue weighted by Gasteiger charge is 2.28. The van der Waals surface area contributed by atoms with E-state index in [1.165, 1.54) is 24.3 Å². The van der Waals surface area contributed by atoms with Gasteiger partial charge in [0, 0.05) is 51.0 Å². The van der Waals surface area contributed by atoms with Crippen LogP contribution in [0.5, 0.6) is 0 Å². The van der Waals surface area contributed by atoms with Crippen LogP contribution in [0.4, 0.5) is 5.69 Å². The molecule has 0 radical (unpaired) electrons. The Hall–Kier alpha value is -3.63. The number of aromatic nitrogens is 2. The molecule has 3 aromatic rings. The summed E-state index contributed by atoms with van der Waals surface area (Å²) in [5, 5.41) is 11.4. The van der Waals surface area contributed by atoms with E-state index < -0.39 is 4.92 Å². The molecule has 1 saturated heterocycles. The summed E-state index contributed by atoms with van der Waals surface area (Å²) in [6.07, 6.45) is 0. The van der Waals surface area contributed by atoms with Crippen molar-refractivity contribution in [2.24, 2.45) is 0 Å². The van der Waals surface area contributed by atoms with Crippen molar-refractivity contribution < 1.29 is 14.5 Å². The van der Waals surface area contributed by atoms with Crippen LogP contribution in [0.2, 0.25) is 0 Å². The second-order valence-electron chi connectivity index (χ2n) is 8.24. The molecule has 1 aliphatic rings. The summed E-state index contributed by atoms with van der Waals surface area (Å²) >= 11 is 0. The smallest absolute Gasteiger partial charge is 0.269 e. The van der Waals surface area contributed by atoms with Gasteiger partial charge in [-0.05, 0) is 31.2 Å². The standard InChI is InChI=1S/C24H27N5O5/c1-17(22-25-21-6-4-3-5-20(21)24(31)28(22)15-16-34-2)26-11-13-27(14-12-26)23(30)18-7-9-19(10-8-18)29(32)33/h3-10,17H,11-16H2,1-2H3. The van der Waals surface area contributed by atoms with Crippen molar-refractivity contribution >= 4 is 22.5 Å². The lowest BCUT2D eigenvalue weighted by atomic mass is 10.1. The number of carbonyl (C=O) groups excluding carboxylic acids is 1. The molecule has 2 heterocycles. The van der Waals surface area contributed by atoms with Crippen molar-refractivity contribution in [2.75, 3.05) is 39.9 Å². The highest BCUT2D eigenvalue weighted by atomic mass is 16.6. The van der Waals surface area contributed by atoms with Crippen LogP contribution in [-0.2, 0) is 11.3 Å². The normalized spacial score (nSPS) is 15.4. The number of amides is 1. The van der Waals surface area contributed by atoms with Crippen molar-refractivity contribution in [3.05, 3.63) is 80.4 Å². The molecule has 0 bridgehead atoms. The van der Waals surface area contributed by atoms with Gasteiger partial charge in [0.25, 0.3) is 17.2 Å². The molecule has 34 heavy (non-hydrogen) atoms. The lowest BCUT2D eigenvalue weighted by molar-refractivity contribution is -0.384. The molecule has 4 rings (SSSR count). The average Bonchev–Trinajstić information content (AvgIpc) is 2.87. The Morgan fingerprint density at radius 3 is 2.44 bits per heavy atom. The molecule has 0 spiro atoms. The van der Waals surface area contributed by atoms with E-state index in [-0.39, 0.29) is 23.2 Å². The lowest BCUT2D eigenvalue weighted by Gasteiger charge is -2.38. The number of nitro benzene ring substituents is 1. The van der Waals surface area contributed by atoms with E-state index in [0.717, 1.165) is 0 Å². The summed E-state index contributed by atoms with van der Waals surface area (Å²) in [7, 11) is 1.60. The quantitative estimate of drug-likeness (QED) is 0.389. The predicted octanol–water partition coefficient (Wildman–Crippen LogP) is 2.47. The van der Waals surface area contributed by atoms with Crippen molar-refractivity contribution in [3.63, 3.8) is 0 Å². The molecule has 0 N–H and O–H groups in total. The Labute approximate surface area is 196 Å². The summed E-state index contributed by atoms with van der Waals surface area (Å²) in [6.45, 7) is 5.09. The van der Waals surface area contributed by atoms with Gasteiger partial charge in [0.15, 0.2) is 0 Å². The van der Waals surface area contributed by atoms with E-state index in [1.807, 2.05) is 25.1 Å². The van der Waals surface area contributed by atoms with Gasteiger partial charge in [0.2, 0.25) is 0 Å². The molecule has 0 saturated carbocycles. The summed E-state index contributed by atoms with van der Waals surface area (Å²) < 4.78 is 6.90. The Bertz CT molecular complexity index is 1250. The number of para-hydroxylation sites is 1. The Morgan fingerprint density at radius 2 is 1.79 bits per heavy atom. The van der Waals surface area contributed by atoms with Crippen LogP contribution in [0, 0.1) is 10.1 Å². The van der Waals surface area contributed by atoms with Gasteiger partial charge < -0.3 is 9.64 Å². The highest BCUT2D eigenvalue weighted by Crippen LogP contribution is 2.22. The first-order valence-electron chi connectivity index (χ1n) is 11.2. The summed E-state index contributed by atoms with van der Waals surface area (Å²) in [4.78, 5) is 45.2. The topological polar surface area (TPSA) is 111 Å². The fourth-order valence-corrected chi connectivity index (χ4v) is 4.29. The Morgan fingerprint density at radius 1 is 1.12 bits per heavy atom. The molecule has 10 heteroatoms. The minimum atomic E-state index is -0.485. The number of hydrogen-bond donors (Lipinski definition) is 0. The maximum Gasteiger partial charge on any atom is 0.269 e. The number of nitrogens with zero attached hydrogens (tertiary/aromatic N) is 5. The number of hydrogen-bond acceptors (Lipinski definition) is 7. The van der Waals surface area contributed by atoms with Crippen molar-refractivity contribution in [3.8, 4) is 0 Å². The van der Waals surface area contributed by atoms with Gasteiger partial charge in [-0.15, -0.1) is 0 Å². The van der Waals surface area contributed by atoms with Crippen LogP contribution in [0.25, 0.3) is 10.9 Å². The van der Waals surface area contributed by atoms with Crippen molar-refractivity contribution in [1.82, 2.24) is 19.4 Å². The van der Waals surface area contributed by atoms with Crippen LogP contribution in [0.3, 0.4) is 0 Å². The monoisotopic (exact) mass is 465 g/mol. The minimum absolute atomic E-state index is 0.0439. The molecule has 1 atom stereocenters. The summed E-state index contributed by atoms with van der Waals surface area (Å²) in [5.41, 5.74) is 0.959. The van der Waals surface area contributed by atoms with Gasteiger partial charge in [0.05, 0.1) is 35.0 Å². The largest absolute Gasteiger partial charge is 0.383 e. The molecule has 1 aromatic heterocycles. The predicted molar refractivity (Wildman–Crippen MR) is 127 cm³/mol. The number of fused-ring (bicyclic) bond motifs is 1. The third-order valence-electron chi connectivity index (χ3n) is 6.26. The average molecular weight is 466 g/mol. The second-order valence-corrected chi connectivity index (χ2v) is 8.24. The van der Waals surface area contributed by atoms with Crippen LogP contribution in [0.1, 0.15) is 29.1 Å². The van der Waals surface area contributed by atoms with Gasteiger partial charge in [-0.3, -0.25) is 29.2 Å². The van der Waals surface area contributed by atoms with Crippen molar-refractivity contribution in [2.45, 2.75) is 19.5 Å². The van der Waals surface area contributed by atoms with E-state index in [0.29, 0.717) is 61.6 Å². The van der Waals surface area contributed by atoms with E-state index in [4.69, 9.17) is 9.72 Å². The van der Waals surface area contributed by atoms with Crippen LogP contribution in [0.15, 0.2) is 53.3 Å². The first kappa shape index (κ1) is 23.5. The van der Waals surface area contributed by atoms with Crippen LogP contribution >= 0.6 is 0 Å². The molecular weight excluding hydrogens is 438 g/mol. The van der Waals surface area contributed by atoms with Gasteiger partial charge in [-0.2, -0.15) is 0 Å². The Balaban J connectivity index is 1.51. The molecule has 2 aromatic carbocycles. The number of non-ortho nitro benzene ring substituents is 1. The van der Waals surface area contributed by atoms with Gasteiger partial charge in [0.1, 0.15) is 5.82 Å². The second kappa shape index (κ2) is 10.1. The number of piperazine rings is 1. The van der Waals surface area contributed by atoms with Gasteiger partial charge in [-0.25, -0.2) is 4.98 Å². The number of ether oxygens (including phenoxy) is 1. The van der Waals surface area contributed by atoms with E-state index in [1.54, 1.807) is 22.6 Å². The maximum absolute atomic E-state index is 13.2. The minimum Gasteiger partial charge on any atom is -0.383 e. The fraction of sp³-hybridized carbons (Fsp3) is 0.375. The molecule has 1 aliphatic heterocycles. The van der Waals surface area contributed by atoms with E-state index in [2.05, 4.69) is 4.90 Å². The Kier molecular flexibility index (Phi) is 6.99. The molecule has 178 valence electrons. The number of nitro groups is 1. The third-order valence-corrected chi connectivity index (χ3v) is 6.26. The van der Waals surface area contributed by atoms with Crippen LogP contribution < -0.4 is 5.56 Å². The zero-order valence-corrected chi connectivity index (χ0v) is 19.2. The highest BCUT2D eigenvalue weighted by molar-refractivity contribution is 5.94. The summed E-state index contributed by atoms with van der Waals surface area (Å²) in [6, 6.07) is 12.9. The maximum atomic E-state index is 13.2. The number of methoxy groups -OCH3 is 1. The van der Waals surface area contributed by atoms with Gasteiger partial charge in [-0.1, -0.05) is 12.1 Å². The first-order chi connectivity index (χ1) is 16.4. The SMILES string of the molecule is COCCn1c(C(C)N2CCN(C(=O)c3ccc([N+](=O)[O-])cc3)CC2)nc2ccccc2c1=O. The molecule has 1 amide bonds. The van der Waals surface area contributed by atoms with Gasteiger partial charge >= 0.3 is 0 Å². The van der Waals surface area contributed by atoms with E-state index >= 15 is 0 Å². The summed E-state index contributed by atoms with van der Waals surface area (Å²) in [5.74, 6) is 0.527. The lowest BCUT2D eigenvalue weighted by Crippen LogP contribution is -2.50. The molecule has 1 unspecified atom stereocenters. The fourth-order valence-electron chi connectivity index (χ4n) is 4.29.